The Hall–Kier alpha value is -1.39. The summed E-state index contributed by atoms with van der Waals surface area (Å²) in [5.74, 6) is -1.97. The van der Waals surface area contributed by atoms with Crippen molar-refractivity contribution in [3.63, 3.8) is 0 Å². The molecule has 0 spiro atoms. The van der Waals surface area contributed by atoms with Gasteiger partial charge >= 0.3 is 12.4 Å². The lowest BCUT2D eigenvalue weighted by molar-refractivity contribution is -0.139. The van der Waals surface area contributed by atoms with Crippen LogP contribution in [0, 0.1) is 6.92 Å². The Morgan fingerprint density at radius 2 is 1.57 bits per heavy atom. The Morgan fingerprint density at radius 3 is 2.09 bits per heavy atom. The molecule has 0 bridgehead atoms. The molecule has 1 nitrogen and oxygen atoms in total. The summed E-state index contributed by atoms with van der Waals surface area (Å²) in [6, 6.07) is 7.16. The molecule has 12 heteroatoms. The van der Waals surface area contributed by atoms with E-state index in [-0.39, 0.29) is 38.5 Å². The second-order valence-electron chi connectivity index (χ2n) is 7.57. The van der Waals surface area contributed by atoms with E-state index in [4.69, 9.17) is 59.2 Å². The summed E-state index contributed by atoms with van der Waals surface area (Å²) in [6.07, 6.45) is -6.26. The van der Waals surface area contributed by atoms with Crippen LogP contribution < -0.4 is 5.32 Å². The van der Waals surface area contributed by atoms with Gasteiger partial charge in [0.25, 0.3) is 0 Å². The van der Waals surface area contributed by atoms with Crippen LogP contribution in [0.4, 0.5) is 26.3 Å². The zero-order valence-corrected chi connectivity index (χ0v) is 21.9. The number of halogens is 9. The fourth-order valence-electron chi connectivity index (χ4n) is 3.12. The van der Waals surface area contributed by atoms with Crippen LogP contribution >= 0.6 is 59.2 Å². The molecule has 1 N–H and O–H groups in total. The van der Waals surface area contributed by atoms with Gasteiger partial charge in [0, 0.05) is 11.3 Å². The molecule has 190 valence electrons. The molecule has 2 aromatic rings. The lowest BCUT2D eigenvalue weighted by atomic mass is 9.95. The van der Waals surface area contributed by atoms with Crippen LogP contribution in [-0.2, 0) is 0 Å². The number of nitrogens with one attached hydrogen (secondary N) is 1. The van der Waals surface area contributed by atoms with E-state index in [1.165, 1.54) is 6.08 Å². The number of aryl methyl sites for hydroxylation is 1. The Balaban J connectivity index is 2.15. The highest BCUT2D eigenvalue weighted by atomic mass is 35.5. The molecule has 1 atom stereocenters. The minimum absolute atomic E-state index is 0.0268. The number of allylic oxidation sites excluding steroid dienone is 1. The molecule has 35 heavy (non-hydrogen) atoms. The highest BCUT2D eigenvalue weighted by Crippen LogP contribution is 2.41. The molecule has 0 heterocycles. The Bertz CT molecular complexity index is 1110. The molecule has 2 rings (SSSR count). The van der Waals surface area contributed by atoms with Crippen molar-refractivity contribution in [3.8, 4) is 0 Å². The summed E-state index contributed by atoms with van der Waals surface area (Å²) < 4.78 is 78.0. The fraction of sp³-hybridized carbons (Fsp3) is 0.304. The number of benzene rings is 2. The van der Waals surface area contributed by atoms with E-state index in [1.807, 2.05) is 0 Å². The Morgan fingerprint density at radius 1 is 0.971 bits per heavy atom. The quantitative estimate of drug-likeness (QED) is 0.142. The first-order chi connectivity index (χ1) is 16.1. The predicted octanol–water partition coefficient (Wildman–Crippen LogP) is 9.29. The molecule has 0 radical (unpaired) electrons. The van der Waals surface area contributed by atoms with Crippen molar-refractivity contribution < 1.29 is 26.3 Å². The van der Waals surface area contributed by atoms with Gasteiger partial charge in [0.1, 0.15) is 6.54 Å². The first kappa shape index (κ1) is 29.8. The maximum absolute atomic E-state index is 13.7. The molecule has 0 aromatic heterocycles. The zero-order chi connectivity index (χ0) is 26.6. The molecule has 0 fully saturated rings. The molecular formula is C23H18Cl3F6NS2. The fourth-order valence-corrected chi connectivity index (χ4v) is 4.24. The van der Waals surface area contributed by atoms with Crippen molar-refractivity contribution in [1.29, 1.82) is 0 Å². The summed E-state index contributed by atoms with van der Waals surface area (Å²) in [6.45, 7) is 0.519. The monoisotopic (exact) mass is 591 g/mol. The second-order valence-corrected chi connectivity index (χ2v) is 9.74. The van der Waals surface area contributed by atoms with E-state index in [1.54, 1.807) is 25.1 Å². The van der Waals surface area contributed by atoms with Gasteiger partial charge in [-0.3, -0.25) is 0 Å². The van der Waals surface area contributed by atoms with Crippen LogP contribution in [0.25, 0.3) is 6.08 Å². The predicted molar refractivity (Wildman–Crippen MR) is 138 cm³/mol. The lowest BCUT2D eigenvalue weighted by Crippen LogP contribution is -2.32. The molecule has 0 saturated carbocycles. The molecule has 0 aliphatic carbocycles. The highest BCUT2D eigenvalue weighted by molar-refractivity contribution is 7.81. The topological polar surface area (TPSA) is 12.0 Å². The molecule has 0 saturated heterocycles. The molecule has 0 amide bonds. The van der Waals surface area contributed by atoms with Crippen LogP contribution in [0.2, 0.25) is 15.1 Å². The minimum Gasteiger partial charge on any atom is -0.371 e. The van der Waals surface area contributed by atoms with Gasteiger partial charge < -0.3 is 5.32 Å². The number of thiocarbonyl (C=S) groups is 2. The van der Waals surface area contributed by atoms with Crippen molar-refractivity contribution in [2.45, 2.75) is 38.0 Å². The number of alkyl halides is 6. The summed E-state index contributed by atoms with van der Waals surface area (Å²) >= 11 is 27.9. The van der Waals surface area contributed by atoms with Gasteiger partial charge in [-0.05, 0) is 47.7 Å². The largest absolute Gasteiger partial charge is 0.405 e. The molecular weight excluding hydrogens is 575 g/mol. The molecule has 2 aromatic carbocycles. The van der Waals surface area contributed by atoms with Gasteiger partial charge in [-0.25, -0.2) is 0 Å². The minimum atomic E-state index is -4.61. The van der Waals surface area contributed by atoms with Crippen molar-refractivity contribution in [2.75, 3.05) is 6.54 Å². The Kier molecular flexibility index (Phi) is 10.4. The van der Waals surface area contributed by atoms with Gasteiger partial charge in [-0.2, -0.15) is 26.3 Å². The zero-order valence-electron chi connectivity index (χ0n) is 18.0. The second kappa shape index (κ2) is 12.2. The summed E-state index contributed by atoms with van der Waals surface area (Å²) in [7, 11) is 0. The van der Waals surface area contributed by atoms with Crippen LogP contribution in [0.3, 0.4) is 0 Å². The maximum atomic E-state index is 13.7. The van der Waals surface area contributed by atoms with Crippen LogP contribution in [0.15, 0.2) is 36.4 Å². The number of hydrogen-bond donors (Lipinski definition) is 1. The molecule has 0 aliphatic heterocycles. The summed E-state index contributed by atoms with van der Waals surface area (Å²) in [4.78, 5) is 0.523. The van der Waals surface area contributed by atoms with Gasteiger partial charge in [0.15, 0.2) is 0 Å². The standard InChI is InChI=1S/C23H18Cl3F6NS2/c1-12-8-13(2-4-15(12)19(34)6-7-20(35)33-11-22(27,28)29)3-5-16(23(30,31)32)14-9-17(24)21(26)18(25)10-14/h2-5,8-10,16H,6-7,11H2,1H3,(H,33,35)/b5-3+. The number of hydrogen-bond acceptors (Lipinski definition) is 2. The van der Waals surface area contributed by atoms with Crippen molar-refractivity contribution in [2.24, 2.45) is 0 Å². The van der Waals surface area contributed by atoms with E-state index in [9.17, 15) is 26.3 Å². The maximum Gasteiger partial charge on any atom is 0.405 e. The van der Waals surface area contributed by atoms with Crippen molar-refractivity contribution >= 4 is 75.2 Å². The van der Waals surface area contributed by atoms with Gasteiger partial charge in [-0.1, -0.05) is 89.6 Å². The molecule has 1 unspecified atom stereocenters. The van der Waals surface area contributed by atoms with E-state index in [2.05, 4.69) is 5.32 Å². The Labute approximate surface area is 224 Å². The van der Waals surface area contributed by atoms with E-state index >= 15 is 0 Å². The van der Waals surface area contributed by atoms with Crippen LogP contribution in [0.1, 0.15) is 41.0 Å². The first-order valence-electron chi connectivity index (χ1n) is 9.95. The van der Waals surface area contributed by atoms with E-state index < -0.39 is 24.8 Å². The third-order valence-electron chi connectivity index (χ3n) is 4.82. The summed E-state index contributed by atoms with van der Waals surface area (Å²) in [5.41, 5.74) is 1.71. The normalized spacial score (nSPS) is 13.2. The van der Waals surface area contributed by atoms with E-state index in [0.717, 1.165) is 18.2 Å². The average molecular weight is 593 g/mol. The lowest BCUT2D eigenvalue weighted by Gasteiger charge is -2.18. The van der Waals surface area contributed by atoms with Crippen molar-refractivity contribution in [1.82, 2.24) is 5.32 Å². The SMILES string of the molecule is Cc1cc(/C=C/C(c2cc(Cl)c(Cl)c(Cl)c2)C(F)(F)F)ccc1C(=S)CCC(=S)NCC(F)(F)F. The average Bonchev–Trinajstić information content (AvgIpc) is 2.73. The molecule has 0 aliphatic rings. The van der Waals surface area contributed by atoms with Gasteiger partial charge in [-0.15, -0.1) is 0 Å². The van der Waals surface area contributed by atoms with Crippen molar-refractivity contribution in [3.05, 3.63) is 73.7 Å². The highest BCUT2D eigenvalue weighted by Gasteiger charge is 2.39. The van der Waals surface area contributed by atoms with Gasteiger partial charge in [0.2, 0.25) is 0 Å². The first-order valence-corrected chi connectivity index (χ1v) is 11.9. The third kappa shape index (κ3) is 9.21. The van der Waals surface area contributed by atoms with Crippen LogP contribution in [0.5, 0.6) is 0 Å². The number of rotatable bonds is 8. The van der Waals surface area contributed by atoms with E-state index in [0.29, 0.717) is 21.6 Å². The van der Waals surface area contributed by atoms with Crippen LogP contribution in [-0.4, -0.2) is 28.8 Å². The van der Waals surface area contributed by atoms with Gasteiger partial charge in [0.05, 0.1) is 26.0 Å². The third-order valence-corrected chi connectivity index (χ3v) is 6.78. The summed E-state index contributed by atoms with van der Waals surface area (Å²) in [5, 5.41) is 1.94. The smallest absolute Gasteiger partial charge is 0.371 e.